The van der Waals surface area contributed by atoms with Gasteiger partial charge >= 0.3 is 0 Å². The van der Waals surface area contributed by atoms with E-state index >= 15 is 0 Å². The van der Waals surface area contributed by atoms with E-state index in [2.05, 4.69) is 20.3 Å². The van der Waals surface area contributed by atoms with E-state index in [1.54, 1.807) is 32.2 Å². The monoisotopic (exact) mass is 334 g/mol. The number of ether oxygens (including phenoxy) is 2. The van der Waals surface area contributed by atoms with Crippen molar-refractivity contribution in [2.24, 2.45) is 7.05 Å². The number of likely N-dealkylation sites (N-methyl/N-ethyl adjacent to an activating group) is 1. The molecule has 0 unspecified atom stereocenters. The molecular formula is C15H22N6O3. The normalized spacial score (nSPS) is 20.3. The van der Waals surface area contributed by atoms with E-state index in [1.165, 1.54) is 4.68 Å². The van der Waals surface area contributed by atoms with Crippen LogP contribution in [0.25, 0.3) is 0 Å². The highest BCUT2D eigenvalue weighted by atomic mass is 16.5. The number of carbonyl (C=O) groups is 1. The van der Waals surface area contributed by atoms with Gasteiger partial charge in [0, 0.05) is 33.3 Å². The molecule has 2 aromatic rings. The minimum atomic E-state index is -0.172. The SMILES string of the molecule is COc1cc(C(=O)N(C)C[C@H]2OCC[C@H]2c2n[nH]c(C)n2)nn1C. The van der Waals surface area contributed by atoms with Gasteiger partial charge in [0.2, 0.25) is 5.88 Å². The summed E-state index contributed by atoms with van der Waals surface area (Å²) in [6, 6.07) is 1.63. The largest absolute Gasteiger partial charge is 0.481 e. The Hall–Kier alpha value is -2.42. The average Bonchev–Trinajstić information content (AvgIpc) is 3.26. The standard InChI is InChI=1S/C15H22N6O3/c1-9-16-14(18-17-9)10-5-6-24-12(10)8-20(2)15(22)11-7-13(23-4)21(3)19-11/h7,10,12H,5-6,8H2,1-4H3,(H,16,17,18)/t10-,12-/m1/s1. The number of hydrogen-bond acceptors (Lipinski definition) is 6. The lowest BCUT2D eigenvalue weighted by atomic mass is 10.0. The zero-order chi connectivity index (χ0) is 17.3. The predicted molar refractivity (Wildman–Crippen MR) is 84.9 cm³/mol. The van der Waals surface area contributed by atoms with Gasteiger partial charge in [-0.2, -0.15) is 10.2 Å². The Morgan fingerprint density at radius 1 is 1.58 bits per heavy atom. The van der Waals surface area contributed by atoms with Crippen LogP contribution in [0.4, 0.5) is 0 Å². The topological polar surface area (TPSA) is 98.2 Å². The van der Waals surface area contributed by atoms with Gasteiger partial charge in [0.25, 0.3) is 5.91 Å². The average molecular weight is 334 g/mol. The molecule has 1 N–H and O–H groups in total. The lowest BCUT2D eigenvalue weighted by Gasteiger charge is -2.23. The Morgan fingerprint density at radius 3 is 3.00 bits per heavy atom. The molecule has 130 valence electrons. The van der Waals surface area contributed by atoms with Gasteiger partial charge in [-0.1, -0.05) is 0 Å². The van der Waals surface area contributed by atoms with Crippen LogP contribution in [0, 0.1) is 6.92 Å². The van der Waals surface area contributed by atoms with Crippen LogP contribution in [0.2, 0.25) is 0 Å². The molecule has 24 heavy (non-hydrogen) atoms. The smallest absolute Gasteiger partial charge is 0.274 e. The first-order chi connectivity index (χ1) is 11.5. The molecule has 0 radical (unpaired) electrons. The van der Waals surface area contributed by atoms with Gasteiger partial charge in [-0.3, -0.25) is 9.89 Å². The van der Waals surface area contributed by atoms with E-state index < -0.39 is 0 Å². The van der Waals surface area contributed by atoms with Crippen LogP contribution < -0.4 is 4.74 Å². The molecule has 2 aromatic heterocycles. The first-order valence-electron chi connectivity index (χ1n) is 7.83. The van der Waals surface area contributed by atoms with Crippen molar-refractivity contribution in [3.8, 4) is 5.88 Å². The van der Waals surface area contributed by atoms with E-state index in [-0.39, 0.29) is 17.9 Å². The summed E-state index contributed by atoms with van der Waals surface area (Å²) >= 11 is 0. The van der Waals surface area contributed by atoms with E-state index in [1.807, 2.05) is 6.92 Å². The Bertz CT molecular complexity index is 725. The number of aryl methyl sites for hydroxylation is 2. The van der Waals surface area contributed by atoms with Crippen molar-refractivity contribution in [2.45, 2.75) is 25.4 Å². The molecule has 0 aliphatic carbocycles. The molecule has 1 saturated heterocycles. The highest BCUT2D eigenvalue weighted by Gasteiger charge is 2.34. The number of H-pyrrole nitrogens is 1. The fourth-order valence-electron chi connectivity index (χ4n) is 2.94. The number of amides is 1. The summed E-state index contributed by atoms with van der Waals surface area (Å²) in [5.41, 5.74) is 0.347. The Kier molecular flexibility index (Phi) is 4.52. The van der Waals surface area contributed by atoms with Crippen molar-refractivity contribution in [1.82, 2.24) is 29.9 Å². The lowest BCUT2D eigenvalue weighted by Crippen LogP contribution is -2.36. The molecule has 2 atom stereocenters. The van der Waals surface area contributed by atoms with Gasteiger partial charge in [-0.05, 0) is 13.3 Å². The highest BCUT2D eigenvalue weighted by molar-refractivity contribution is 5.92. The fourth-order valence-corrected chi connectivity index (χ4v) is 2.94. The number of aromatic nitrogens is 5. The highest BCUT2D eigenvalue weighted by Crippen LogP contribution is 2.29. The molecule has 1 fully saturated rings. The van der Waals surface area contributed by atoms with Crippen molar-refractivity contribution in [2.75, 3.05) is 27.3 Å². The number of carbonyl (C=O) groups excluding carboxylic acids is 1. The van der Waals surface area contributed by atoms with Crippen LogP contribution in [0.3, 0.4) is 0 Å². The molecule has 3 heterocycles. The van der Waals surface area contributed by atoms with Crippen LogP contribution in [-0.2, 0) is 11.8 Å². The minimum Gasteiger partial charge on any atom is -0.481 e. The van der Waals surface area contributed by atoms with Gasteiger partial charge in [0.15, 0.2) is 11.5 Å². The van der Waals surface area contributed by atoms with Crippen LogP contribution in [0.15, 0.2) is 6.07 Å². The molecule has 3 rings (SSSR count). The third-order valence-electron chi connectivity index (χ3n) is 4.22. The molecular weight excluding hydrogens is 312 g/mol. The molecule has 0 bridgehead atoms. The van der Waals surface area contributed by atoms with Crippen LogP contribution in [0.1, 0.15) is 34.5 Å². The maximum absolute atomic E-state index is 12.6. The van der Waals surface area contributed by atoms with Gasteiger partial charge in [0.1, 0.15) is 5.82 Å². The first-order valence-corrected chi connectivity index (χ1v) is 7.83. The summed E-state index contributed by atoms with van der Waals surface area (Å²) in [5.74, 6) is 1.98. The minimum absolute atomic E-state index is 0.0865. The predicted octanol–water partition coefficient (Wildman–Crippen LogP) is 0.500. The zero-order valence-corrected chi connectivity index (χ0v) is 14.3. The van der Waals surface area contributed by atoms with E-state index in [0.717, 1.165) is 18.1 Å². The molecule has 1 amide bonds. The Morgan fingerprint density at radius 2 is 2.38 bits per heavy atom. The number of rotatable bonds is 5. The van der Waals surface area contributed by atoms with Crippen LogP contribution in [0.5, 0.6) is 5.88 Å². The maximum atomic E-state index is 12.6. The van der Waals surface area contributed by atoms with Gasteiger partial charge < -0.3 is 14.4 Å². The van der Waals surface area contributed by atoms with Crippen molar-refractivity contribution in [1.29, 1.82) is 0 Å². The number of aromatic amines is 1. The molecule has 0 spiro atoms. The lowest BCUT2D eigenvalue weighted by molar-refractivity contribution is 0.0545. The van der Waals surface area contributed by atoms with E-state index in [0.29, 0.717) is 24.7 Å². The zero-order valence-electron chi connectivity index (χ0n) is 14.3. The van der Waals surface area contributed by atoms with Gasteiger partial charge in [-0.15, -0.1) is 0 Å². The molecule has 1 aliphatic heterocycles. The van der Waals surface area contributed by atoms with Gasteiger partial charge in [-0.25, -0.2) is 9.67 Å². The second-order valence-corrected chi connectivity index (χ2v) is 5.96. The van der Waals surface area contributed by atoms with Crippen molar-refractivity contribution in [3.05, 3.63) is 23.4 Å². The van der Waals surface area contributed by atoms with Crippen molar-refractivity contribution >= 4 is 5.91 Å². The molecule has 1 aliphatic rings. The number of hydrogen-bond donors (Lipinski definition) is 1. The number of nitrogens with one attached hydrogen (secondary N) is 1. The van der Waals surface area contributed by atoms with Crippen molar-refractivity contribution < 1.29 is 14.3 Å². The van der Waals surface area contributed by atoms with E-state index in [4.69, 9.17) is 9.47 Å². The maximum Gasteiger partial charge on any atom is 0.274 e. The van der Waals surface area contributed by atoms with E-state index in [9.17, 15) is 4.79 Å². The summed E-state index contributed by atoms with van der Waals surface area (Å²) in [7, 11) is 5.02. The van der Waals surface area contributed by atoms with Crippen molar-refractivity contribution in [3.63, 3.8) is 0 Å². The second kappa shape index (κ2) is 6.60. The summed E-state index contributed by atoms with van der Waals surface area (Å²) in [5, 5.41) is 11.3. The molecule has 0 aromatic carbocycles. The Labute approximate surface area is 140 Å². The molecule has 9 heteroatoms. The summed E-state index contributed by atoms with van der Waals surface area (Å²) in [4.78, 5) is 18.6. The number of methoxy groups -OCH3 is 1. The molecule has 9 nitrogen and oxygen atoms in total. The third-order valence-corrected chi connectivity index (χ3v) is 4.22. The number of nitrogens with zero attached hydrogens (tertiary/aromatic N) is 5. The quantitative estimate of drug-likeness (QED) is 0.855. The first kappa shape index (κ1) is 16.4. The van der Waals surface area contributed by atoms with Gasteiger partial charge in [0.05, 0.1) is 19.1 Å². The summed E-state index contributed by atoms with van der Waals surface area (Å²) < 4.78 is 12.5. The second-order valence-electron chi connectivity index (χ2n) is 5.96. The van der Waals surface area contributed by atoms with Crippen LogP contribution >= 0.6 is 0 Å². The van der Waals surface area contributed by atoms with Crippen LogP contribution in [-0.4, -0.2) is 69.2 Å². The Balaban J connectivity index is 1.68. The summed E-state index contributed by atoms with van der Waals surface area (Å²) in [6.45, 7) is 2.96. The fraction of sp³-hybridized carbons (Fsp3) is 0.600. The third kappa shape index (κ3) is 3.12. The molecule has 0 saturated carbocycles. The summed E-state index contributed by atoms with van der Waals surface area (Å²) in [6.07, 6.45) is 0.723.